The number of hydrogen-bond acceptors (Lipinski definition) is 5. The van der Waals surface area contributed by atoms with Gasteiger partial charge in [0.1, 0.15) is 23.5 Å². The molecule has 0 amide bonds. The summed E-state index contributed by atoms with van der Waals surface area (Å²) in [5.74, 6) is 1.42. The maximum atomic E-state index is 6.23. The molecule has 0 heterocycles. The Bertz CT molecular complexity index is 626. The van der Waals surface area contributed by atoms with Crippen LogP contribution in [0.1, 0.15) is 33.1 Å². The van der Waals surface area contributed by atoms with E-state index in [1.54, 1.807) is 18.3 Å². The lowest BCUT2D eigenvalue weighted by Crippen LogP contribution is -2.02. The molecule has 164 valence electrons. The lowest BCUT2D eigenvalue weighted by atomic mass is 10.2. The second kappa shape index (κ2) is 15.9. The Balaban J connectivity index is 2.17. The van der Waals surface area contributed by atoms with Crippen LogP contribution in [0.4, 0.5) is 0 Å². The third-order valence-electron chi connectivity index (χ3n) is 3.39. The first-order chi connectivity index (χ1) is 13.9. The first kappa shape index (κ1) is 26.2. The number of ether oxygens (including phenoxy) is 3. The molecule has 0 spiro atoms. The molecule has 0 fully saturated rings. The zero-order valence-corrected chi connectivity index (χ0v) is 19.7. The summed E-state index contributed by atoms with van der Waals surface area (Å²) >= 11 is 23.5. The van der Waals surface area contributed by atoms with Crippen LogP contribution in [0.3, 0.4) is 0 Å². The minimum absolute atomic E-state index is 0.135. The van der Waals surface area contributed by atoms with Gasteiger partial charge in [-0.1, -0.05) is 65.4 Å². The fourth-order valence-electron chi connectivity index (χ4n) is 2.03. The molecule has 1 aromatic rings. The lowest BCUT2D eigenvalue weighted by Gasteiger charge is -2.12. The van der Waals surface area contributed by atoms with E-state index in [1.807, 2.05) is 0 Å². The van der Waals surface area contributed by atoms with Crippen molar-refractivity contribution in [2.75, 3.05) is 33.0 Å². The lowest BCUT2D eigenvalue weighted by molar-refractivity contribution is 0.114. The number of oxime groups is 1. The number of unbranched alkanes of at least 4 members (excludes halogenated alkanes) is 2. The fourth-order valence-corrected chi connectivity index (χ4v) is 2.73. The quantitative estimate of drug-likeness (QED) is 0.153. The van der Waals surface area contributed by atoms with Crippen LogP contribution in [0.2, 0.25) is 10.0 Å². The van der Waals surface area contributed by atoms with E-state index in [0.29, 0.717) is 53.9 Å². The van der Waals surface area contributed by atoms with Gasteiger partial charge >= 0.3 is 0 Å². The molecular weight excluding hydrogens is 460 g/mol. The summed E-state index contributed by atoms with van der Waals surface area (Å²) in [5.41, 5.74) is 0. The Labute approximate surface area is 192 Å². The Morgan fingerprint density at radius 2 is 1.69 bits per heavy atom. The van der Waals surface area contributed by atoms with Gasteiger partial charge in [0.25, 0.3) is 0 Å². The minimum atomic E-state index is 0.135. The van der Waals surface area contributed by atoms with Crippen LogP contribution in [0, 0.1) is 5.92 Å². The maximum Gasteiger partial charge on any atom is 0.156 e. The Hall–Kier alpha value is -0.850. The summed E-state index contributed by atoms with van der Waals surface area (Å²) in [6.07, 6.45) is 5.90. The molecule has 0 N–H and O–H groups in total. The molecule has 0 aliphatic rings. The average molecular weight is 487 g/mol. The van der Waals surface area contributed by atoms with Gasteiger partial charge in [-0.15, -0.1) is 0 Å². The van der Waals surface area contributed by atoms with Gasteiger partial charge in [0.2, 0.25) is 0 Å². The van der Waals surface area contributed by atoms with Crippen LogP contribution >= 0.6 is 46.4 Å². The molecule has 5 nitrogen and oxygen atoms in total. The van der Waals surface area contributed by atoms with Crippen molar-refractivity contribution < 1.29 is 19.0 Å². The van der Waals surface area contributed by atoms with Crippen molar-refractivity contribution in [3.05, 3.63) is 32.7 Å². The second-order valence-electron chi connectivity index (χ2n) is 6.48. The fraction of sp³-hybridized carbons (Fsp3) is 0.550. The number of halogens is 4. The average Bonchev–Trinajstić information content (AvgIpc) is 2.64. The summed E-state index contributed by atoms with van der Waals surface area (Å²) in [6, 6.07) is 3.28. The van der Waals surface area contributed by atoms with Crippen molar-refractivity contribution in [3.63, 3.8) is 0 Å². The first-order valence-electron chi connectivity index (χ1n) is 9.37. The number of benzene rings is 1. The van der Waals surface area contributed by atoms with Crippen molar-refractivity contribution in [1.82, 2.24) is 0 Å². The van der Waals surface area contributed by atoms with E-state index in [9.17, 15) is 0 Å². The van der Waals surface area contributed by atoms with Gasteiger partial charge < -0.3 is 19.0 Å². The molecule has 0 atom stereocenters. The molecule has 1 rings (SSSR count). The van der Waals surface area contributed by atoms with Gasteiger partial charge in [-0.25, -0.2) is 0 Å². The number of hydrogen-bond donors (Lipinski definition) is 0. The van der Waals surface area contributed by atoms with E-state index in [0.717, 1.165) is 19.3 Å². The van der Waals surface area contributed by atoms with Crippen molar-refractivity contribution in [1.29, 1.82) is 0 Å². The van der Waals surface area contributed by atoms with Crippen LogP contribution in [-0.2, 0) is 9.57 Å². The zero-order valence-electron chi connectivity index (χ0n) is 16.6. The zero-order chi connectivity index (χ0) is 21.5. The van der Waals surface area contributed by atoms with Crippen molar-refractivity contribution in [3.8, 4) is 11.5 Å². The van der Waals surface area contributed by atoms with Gasteiger partial charge in [-0.2, -0.15) is 0 Å². The molecule has 0 radical (unpaired) electrons. The molecule has 0 saturated carbocycles. The van der Waals surface area contributed by atoms with Crippen molar-refractivity contribution >= 4 is 52.6 Å². The molecule has 0 bridgehead atoms. The second-order valence-corrected chi connectivity index (χ2v) is 8.30. The normalized spacial score (nSPS) is 11.1. The monoisotopic (exact) mass is 485 g/mol. The van der Waals surface area contributed by atoms with E-state index in [1.165, 1.54) is 6.08 Å². The van der Waals surface area contributed by atoms with Crippen LogP contribution in [0.5, 0.6) is 11.5 Å². The van der Waals surface area contributed by atoms with Gasteiger partial charge in [-0.3, -0.25) is 0 Å². The molecule has 0 aliphatic carbocycles. The molecule has 0 unspecified atom stereocenters. The van der Waals surface area contributed by atoms with Gasteiger partial charge in [0, 0.05) is 18.7 Å². The summed E-state index contributed by atoms with van der Waals surface area (Å²) < 4.78 is 16.8. The third kappa shape index (κ3) is 13.1. The van der Waals surface area contributed by atoms with Crippen LogP contribution in [0.25, 0.3) is 0 Å². The Morgan fingerprint density at radius 1 is 1.00 bits per heavy atom. The van der Waals surface area contributed by atoms with Crippen molar-refractivity contribution in [2.24, 2.45) is 11.1 Å². The largest absolute Gasteiger partial charge is 0.490 e. The molecule has 0 saturated heterocycles. The minimum Gasteiger partial charge on any atom is -0.490 e. The van der Waals surface area contributed by atoms with E-state index in [2.05, 4.69) is 19.0 Å². The summed E-state index contributed by atoms with van der Waals surface area (Å²) in [6.45, 7) is 6.58. The highest BCUT2D eigenvalue weighted by molar-refractivity contribution is 6.55. The van der Waals surface area contributed by atoms with Gasteiger partial charge in [0.15, 0.2) is 5.75 Å². The van der Waals surface area contributed by atoms with E-state index in [4.69, 9.17) is 65.5 Å². The highest BCUT2D eigenvalue weighted by Gasteiger charge is 2.10. The first-order valence-corrected chi connectivity index (χ1v) is 10.9. The van der Waals surface area contributed by atoms with E-state index in [-0.39, 0.29) is 11.1 Å². The molecule has 9 heteroatoms. The Morgan fingerprint density at radius 3 is 2.34 bits per heavy atom. The standard InChI is InChI=1S/C20H27Cl4NO4/c1-15(2)14-29-25-7-11-26-8-4-3-5-9-28-20-17(21)12-16(13-18(20)22)27-10-6-19(23)24/h6-7,12-13,15H,3-5,8-11,14H2,1-2H3/b25-7+. The topological polar surface area (TPSA) is 49.3 Å². The van der Waals surface area contributed by atoms with E-state index < -0.39 is 0 Å². The number of rotatable bonds is 15. The highest BCUT2D eigenvalue weighted by atomic mass is 35.5. The smallest absolute Gasteiger partial charge is 0.156 e. The molecule has 0 aromatic heterocycles. The molecule has 0 aliphatic heterocycles. The van der Waals surface area contributed by atoms with Crippen molar-refractivity contribution in [2.45, 2.75) is 33.1 Å². The molecule has 29 heavy (non-hydrogen) atoms. The van der Waals surface area contributed by atoms with Gasteiger partial charge in [-0.05, 0) is 31.3 Å². The maximum absolute atomic E-state index is 6.23. The SMILES string of the molecule is CC(C)CO/N=C/COCCCCCOc1c(Cl)cc(OCC=C(Cl)Cl)cc1Cl. The highest BCUT2D eigenvalue weighted by Crippen LogP contribution is 2.37. The summed E-state index contributed by atoms with van der Waals surface area (Å²) in [7, 11) is 0. The van der Waals surface area contributed by atoms with Crippen LogP contribution in [0.15, 0.2) is 27.9 Å². The third-order valence-corrected chi connectivity index (χ3v) is 4.26. The van der Waals surface area contributed by atoms with E-state index >= 15 is 0 Å². The molecular formula is C20H27Cl4NO4. The Kier molecular flexibility index (Phi) is 14.4. The van der Waals surface area contributed by atoms with Crippen LogP contribution in [-0.4, -0.2) is 39.2 Å². The summed E-state index contributed by atoms with van der Waals surface area (Å²) in [5, 5.41) is 4.59. The van der Waals surface area contributed by atoms with Crippen LogP contribution < -0.4 is 9.47 Å². The number of nitrogens with zero attached hydrogens (tertiary/aromatic N) is 1. The molecule has 1 aromatic carbocycles. The predicted octanol–water partition coefficient (Wildman–Crippen LogP) is 6.92. The predicted molar refractivity (Wildman–Crippen MR) is 121 cm³/mol. The summed E-state index contributed by atoms with van der Waals surface area (Å²) in [4.78, 5) is 5.08. The van der Waals surface area contributed by atoms with Gasteiger partial charge in [0.05, 0.1) is 29.5 Å².